The van der Waals surface area contributed by atoms with Crippen LogP contribution in [-0.2, 0) is 26.7 Å². The van der Waals surface area contributed by atoms with Crippen LogP contribution in [0.2, 0.25) is 0 Å². The highest BCUT2D eigenvalue weighted by molar-refractivity contribution is 7.89. The van der Waals surface area contributed by atoms with E-state index in [1.54, 1.807) is 0 Å². The molecule has 1 fully saturated rings. The Morgan fingerprint density at radius 3 is 2.67 bits per heavy atom. The van der Waals surface area contributed by atoms with Gasteiger partial charge in [0.15, 0.2) is 5.03 Å². The molecule has 0 aliphatic carbocycles. The fourth-order valence-corrected chi connectivity index (χ4v) is 3.37. The van der Waals surface area contributed by atoms with Gasteiger partial charge in [0, 0.05) is 7.05 Å². The van der Waals surface area contributed by atoms with Crippen molar-refractivity contribution < 1.29 is 18.0 Å². The summed E-state index contributed by atoms with van der Waals surface area (Å²) >= 11 is 0. The molecule has 2 heterocycles. The summed E-state index contributed by atoms with van der Waals surface area (Å²) in [6.45, 7) is 1.05. The average molecular weight is 272 g/mol. The van der Waals surface area contributed by atoms with Crippen molar-refractivity contribution in [1.29, 1.82) is 0 Å². The highest BCUT2D eigenvalue weighted by atomic mass is 32.2. The van der Waals surface area contributed by atoms with Crippen LogP contribution < -0.4 is 5.32 Å². The maximum atomic E-state index is 12.3. The van der Waals surface area contributed by atoms with E-state index < -0.39 is 27.9 Å². The molecule has 0 aromatic carbocycles. The molecule has 2 rings (SSSR count). The first-order valence-corrected chi connectivity index (χ1v) is 6.61. The van der Waals surface area contributed by atoms with E-state index in [9.17, 15) is 18.0 Å². The molecule has 98 valence electrons. The van der Waals surface area contributed by atoms with Gasteiger partial charge in [-0.1, -0.05) is 0 Å². The van der Waals surface area contributed by atoms with Crippen LogP contribution in [0.3, 0.4) is 0 Å². The number of hydrogen-bond donors (Lipinski definition) is 1. The molecule has 0 radical (unpaired) electrons. The van der Waals surface area contributed by atoms with E-state index in [0.717, 1.165) is 4.31 Å². The van der Waals surface area contributed by atoms with Crippen LogP contribution in [0.5, 0.6) is 0 Å². The highest BCUT2D eigenvalue weighted by Crippen LogP contribution is 2.18. The molecule has 9 heteroatoms. The first-order chi connectivity index (χ1) is 8.34. The Kier molecular flexibility index (Phi) is 2.95. The third-order valence-electron chi connectivity index (χ3n) is 2.72. The summed E-state index contributed by atoms with van der Waals surface area (Å²) in [4.78, 5) is 22.7. The zero-order valence-corrected chi connectivity index (χ0v) is 10.6. The Morgan fingerprint density at radius 1 is 1.44 bits per heavy atom. The van der Waals surface area contributed by atoms with Gasteiger partial charge in [-0.25, -0.2) is 8.42 Å². The van der Waals surface area contributed by atoms with E-state index >= 15 is 0 Å². The van der Waals surface area contributed by atoms with Gasteiger partial charge >= 0.3 is 0 Å². The molecule has 0 spiro atoms. The summed E-state index contributed by atoms with van der Waals surface area (Å²) in [6, 6.07) is 0.390. The number of carbonyl (C=O) groups is 2. The quantitative estimate of drug-likeness (QED) is 0.657. The van der Waals surface area contributed by atoms with Crippen molar-refractivity contribution in [3.63, 3.8) is 0 Å². The molecule has 8 nitrogen and oxygen atoms in total. The number of nitrogens with zero attached hydrogens (tertiary/aromatic N) is 3. The molecule has 0 saturated carbocycles. The molecule has 1 aromatic heterocycles. The van der Waals surface area contributed by atoms with Crippen molar-refractivity contribution in [3.05, 3.63) is 12.3 Å². The van der Waals surface area contributed by atoms with Gasteiger partial charge in [0.25, 0.3) is 10.0 Å². The summed E-state index contributed by atoms with van der Waals surface area (Å²) in [5, 5.41) is 5.79. The summed E-state index contributed by atoms with van der Waals surface area (Å²) < 4.78 is 26.7. The molecule has 0 bridgehead atoms. The Labute approximate surface area is 104 Å². The molecular formula is C9H12N4O4S. The van der Waals surface area contributed by atoms with Crippen LogP contribution in [0.25, 0.3) is 0 Å². The van der Waals surface area contributed by atoms with Gasteiger partial charge in [0.2, 0.25) is 11.8 Å². The van der Waals surface area contributed by atoms with Crippen LogP contribution in [0, 0.1) is 0 Å². The second-order valence-electron chi connectivity index (χ2n) is 3.93. The first-order valence-electron chi connectivity index (χ1n) is 5.17. The largest absolute Gasteiger partial charge is 0.294 e. The number of aryl methyl sites for hydroxylation is 1. The highest BCUT2D eigenvalue weighted by Gasteiger charge is 2.39. The van der Waals surface area contributed by atoms with Crippen LogP contribution in [0.15, 0.2) is 17.3 Å². The number of rotatable bonds is 2. The van der Waals surface area contributed by atoms with E-state index in [1.807, 2.05) is 0 Å². The van der Waals surface area contributed by atoms with E-state index in [-0.39, 0.29) is 11.6 Å². The van der Waals surface area contributed by atoms with Crippen molar-refractivity contribution in [2.24, 2.45) is 7.05 Å². The van der Waals surface area contributed by atoms with Gasteiger partial charge in [-0.2, -0.15) is 9.40 Å². The maximum absolute atomic E-state index is 12.3. The van der Waals surface area contributed by atoms with Crippen molar-refractivity contribution >= 4 is 21.8 Å². The summed E-state index contributed by atoms with van der Waals surface area (Å²) in [5.74, 6) is -1.26. The lowest BCUT2D eigenvalue weighted by molar-refractivity contribution is -0.136. The standard InChI is InChI=1S/C9H12N4O4S/c1-6-9(15)11-7(14)5-13(6)18(16,17)8-3-4-10-12(8)2/h3-4,6H,5H2,1-2H3,(H,11,14,15). The molecule has 2 amide bonds. The number of amides is 2. The van der Waals surface area contributed by atoms with Crippen molar-refractivity contribution in [2.45, 2.75) is 18.0 Å². The number of piperazine rings is 1. The van der Waals surface area contributed by atoms with Crippen LogP contribution >= 0.6 is 0 Å². The van der Waals surface area contributed by atoms with Crippen LogP contribution in [0.4, 0.5) is 0 Å². The number of sulfonamides is 1. The Balaban J connectivity index is 2.44. The monoisotopic (exact) mass is 272 g/mol. The van der Waals surface area contributed by atoms with Gasteiger partial charge in [-0.15, -0.1) is 0 Å². The average Bonchev–Trinajstić information content (AvgIpc) is 2.70. The zero-order chi connectivity index (χ0) is 13.5. The fourth-order valence-electron chi connectivity index (χ4n) is 1.72. The molecule has 1 aliphatic rings. The fraction of sp³-hybridized carbons (Fsp3) is 0.444. The van der Waals surface area contributed by atoms with Gasteiger partial charge in [-0.05, 0) is 13.0 Å². The predicted octanol–water partition coefficient (Wildman–Crippen LogP) is -1.54. The maximum Gasteiger partial charge on any atom is 0.261 e. The van der Waals surface area contributed by atoms with Crippen molar-refractivity contribution in [2.75, 3.05) is 6.54 Å². The van der Waals surface area contributed by atoms with Gasteiger partial charge in [0.1, 0.15) is 6.04 Å². The first kappa shape index (κ1) is 12.7. The van der Waals surface area contributed by atoms with E-state index in [2.05, 4.69) is 10.4 Å². The lowest BCUT2D eigenvalue weighted by Crippen LogP contribution is -2.58. The van der Waals surface area contributed by atoms with Crippen molar-refractivity contribution in [3.8, 4) is 0 Å². The normalized spacial score (nSPS) is 22.0. The molecule has 1 saturated heterocycles. The molecule has 1 aliphatic heterocycles. The minimum absolute atomic E-state index is 0.0585. The minimum atomic E-state index is -3.91. The molecule has 1 aromatic rings. The summed E-state index contributed by atoms with van der Waals surface area (Å²) in [7, 11) is -2.44. The minimum Gasteiger partial charge on any atom is -0.294 e. The van der Waals surface area contributed by atoms with E-state index in [0.29, 0.717) is 0 Å². The van der Waals surface area contributed by atoms with Gasteiger partial charge < -0.3 is 0 Å². The number of nitrogens with one attached hydrogen (secondary N) is 1. The molecule has 1 unspecified atom stereocenters. The number of hydrogen-bond acceptors (Lipinski definition) is 5. The zero-order valence-electron chi connectivity index (χ0n) is 9.82. The predicted molar refractivity (Wildman–Crippen MR) is 59.7 cm³/mol. The molecule has 18 heavy (non-hydrogen) atoms. The third kappa shape index (κ3) is 1.91. The second-order valence-corrected chi connectivity index (χ2v) is 5.77. The molecular weight excluding hydrogens is 260 g/mol. The summed E-state index contributed by atoms with van der Waals surface area (Å²) in [6.07, 6.45) is 1.34. The van der Waals surface area contributed by atoms with E-state index in [4.69, 9.17) is 0 Å². The number of aromatic nitrogens is 2. The lowest BCUT2D eigenvalue weighted by atomic mass is 10.2. The molecule has 1 atom stereocenters. The number of imide groups is 1. The Bertz CT molecular complexity index is 606. The van der Waals surface area contributed by atoms with E-state index in [1.165, 1.54) is 30.9 Å². The van der Waals surface area contributed by atoms with Gasteiger partial charge in [-0.3, -0.25) is 19.6 Å². The van der Waals surface area contributed by atoms with Crippen LogP contribution in [-0.4, -0.2) is 46.9 Å². The Hall–Kier alpha value is -1.74. The lowest BCUT2D eigenvalue weighted by Gasteiger charge is -2.30. The summed E-state index contributed by atoms with van der Waals surface area (Å²) in [5.41, 5.74) is 0. The van der Waals surface area contributed by atoms with Crippen LogP contribution in [0.1, 0.15) is 6.92 Å². The van der Waals surface area contributed by atoms with Gasteiger partial charge in [0.05, 0.1) is 12.7 Å². The SMILES string of the molecule is CC1C(=O)NC(=O)CN1S(=O)(=O)c1ccnn1C. The number of carbonyl (C=O) groups excluding carboxylic acids is 2. The smallest absolute Gasteiger partial charge is 0.261 e. The second kappa shape index (κ2) is 4.18. The Morgan fingerprint density at radius 2 is 2.11 bits per heavy atom. The van der Waals surface area contributed by atoms with Crippen molar-refractivity contribution in [1.82, 2.24) is 19.4 Å². The molecule has 1 N–H and O–H groups in total. The third-order valence-corrected chi connectivity index (χ3v) is 4.71. The topological polar surface area (TPSA) is 101 Å².